The molecule has 3 heteroatoms. The van der Waals surface area contributed by atoms with E-state index >= 15 is 0 Å². The van der Waals surface area contributed by atoms with Gasteiger partial charge in [-0.25, -0.2) is 4.39 Å². The molecule has 0 aliphatic carbocycles. The van der Waals surface area contributed by atoms with Crippen molar-refractivity contribution in [2.45, 2.75) is 20.3 Å². The molecule has 1 aromatic heterocycles. The Bertz CT molecular complexity index is 929. The van der Waals surface area contributed by atoms with Crippen LogP contribution in [0.15, 0.2) is 49.2 Å². The molecule has 0 fully saturated rings. The number of aryl methyl sites for hydroxylation is 2. The fourth-order valence-electron chi connectivity index (χ4n) is 2.97. The maximum atomic E-state index is 14.2. The minimum absolute atomic E-state index is 0.160. The predicted molar refractivity (Wildman–Crippen MR) is 98.5 cm³/mol. The van der Waals surface area contributed by atoms with Gasteiger partial charge >= 0.3 is 0 Å². The first kappa shape index (κ1) is 16.2. The van der Waals surface area contributed by atoms with Crippen molar-refractivity contribution in [1.82, 2.24) is 10.3 Å². The summed E-state index contributed by atoms with van der Waals surface area (Å²) in [4.78, 5) is 4.46. The minimum Gasteiger partial charge on any atom is -0.388 e. The summed E-state index contributed by atoms with van der Waals surface area (Å²) >= 11 is 0. The third-order valence-corrected chi connectivity index (χ3v) is 4.39. The Hall–Kier alpha value is -2.68. The number of pyridine rings is 1. The van der Waals surface area contributed by atoms with Crippen molar-refractivity contribution >= 4 is 16.6 Å². The molecule has 2 aromatic carbocycles. The van der Waals surface area contributed by atoms with Gasteiger partial charge < -0.3 is 5.32 Å². The first-order valence-corrected chi connectivity index (χ1v) is 8.00. The van der Waals surface area contributed by atoms with Gasteiger partial charge in [0, 0.05) is 36.3 Å². The average Bonchev–Trinajstić information content (AvgIpc) is 2.56. The van der Waals surface area contributed by atoms with Crippen LogP contribution in [0.3, 0.4) is 0 Å². The van der Waals surface area contributed by atoms with Gasteiger partial charge in [0.15, 0.2) is 0 Å². The largest absolute Gasteiger partial charge is 0.388 e. The van der Waals surface area contributed by atoms with Gasteiger partial charge in [-0.1, -0.05) is 18.7 Å². The van der Waals surface area contributed by atoms with Crippen LogP contribution in [0.2, 0.25) is 0 Å². The van der Waals surface area contributed by atoms with E-state index in [4.69, 9.17) is 0 Å². The number of nitrogens with zero attached hydrogens (tertiary/aromatic N) is 1. The molecule has 2 nitrogen and oxygen atoms in total. The van der Waals surface area contributed by atoms with E-state index in [2.05, 4.69) is 29.0 Å². The smallest absolute Gasteiger partial charge is 0.126 e. The molecule has 24 heavy (non-hydrogen) atoms. The monoisotopic (exact) mass is 320 g/mol. The topological polar surface area (TPSA) is 24.9 Å². The van der Waals surface area contributed by atoms with Crippen molar-refractivity contribution in [1.29, 1.82) is 0 Å². The van der Waals surface area contributed by atoms with Crippen molar-refractivity contribution in [3.8, 4) is 0 Å². The Morgan fingerprint density at radius 1 is 1.12 bits per heavy atom. The van der Waals surface area contributed by atoms with Crippen LogP contribution in [0.1, 0.15) is 27.8 Å². The van der Waals surface area contributed by atoms with E-state index in [1.807, 2.05) is 39.1 Å². The molecule has 1 N–H and O–H groups in total. The quantitative estimate of drug-likeness (QED) is 0.749. The molecule has 0 amide bonds. The highest BCUT2D eigenvalue weighted by atomic mass is 19.1. The molecular weight excluding hydrogens is 299 g/mol. The number of aromatic nitrogens is 1. The summed E-state index contributed by atoms with van der Waals surface area (Å²) in [6.45, 7) is 8.00. The highest BCUT2D eigenvalue weighted by molar-refractivity contribution is 5.87. The van der Waals surface area contributed by atoms with Crippen LogP contribution in [0.4, 0.5) is 4.39 Å². The molecule has 3 rings (SSSR count). The highest BCUT2D eigenvalue weighted by Crippen LogP contribution is 2.26. The van der Waals surface area contributed by atoms with Crippen LogP contribution in [-0.2, 0) is 6.42 Å². The fraction of sp³-hybridized carbons (Fsp3) is 0.190. The predicted octanol–water partition coefficient (Wildman–Crippen LogP) is 4.77. The summed E-state index contributed by atoms with van der Waals surface area (Å²) in [6, 6.07) is 11.5. The number of halogens is 1. The molecule has 3 aromatic rings. The van der Waals surface area contributed by atoms with Crippen LogP contribution in [0, 0.1) is 19.7 Å². The maximum absolute atomic E-state index is 14.2. The first-order chi connectivity index (χ1) is 11.5. The third-order valence-electron chi connectivity index (χ3n) is 4.39. The van der Waals surface area contributed by atoms with E-state index in [0.717, 1.165) is 38.9 Å². The molecule has 0 radical (unpaired) electrons. The number of nitrogens with one attached hydrogen (secondary N) is 1. The summed E-state index contributed by atoms with van der Waals surface area (Å²) in [7, 11) is 1.86. The Morgan fingerprint density at radius 2 is 1.92 bits per heavy atom. The summed E-state index contributed by atoms with van der Waals surface area (Å²) in [6.07, 6.45) is 2.33. The van der Waals surface area contributed by atoms with Crippen molar-refractivity contribution in [3.63, 3.8) is 0 Å². The molecular formula is C21H21FN2. The summed E-state index contributed by atoms with van der Waals surface area (Å²) < 4.78 is 14.2. The second-order valence-corrected chi connectivity index (χ2v) is 6.15. The second kappa shape index (κ2) is 6.44. The molecule has 0 aliphatic rings. The van der Waals surface area contributed by atoms with E-state index in [9.17, 15) is 4.39 Å². The second-order valence-electron chi connectivity index (χ2n) is 6.15. The van der Waals surface area contributed by atoms with Crippen molar-refractivity contribution < 1.29 is 4.39 Å². The zero-order valence-electron chi connectivity index (χ0n) is 14.3. The lowest BCUT2D eigenvalue weighted by Gasteiger charge is -2.13. The van der Waals surface area contributed by atoms with Crippen LogP contribution in [-0.4, -0.2) is 12.0 Å². The van der Waals surface area contributed by atoms with Crippen molar-refractivity contribution in [2.75, 3.05) is 7.05 Å². The maximum Gasteiger partial charge on any atom is 0.126 e. The highest BCUT2D eigenvalue weighted by Gasteiger charge is 2.10. The zero-order valence-corrected chi connectivity index (χ0v) is 14.3. The van der Waals surface area contributed by atoms with Gasteiger partial charge in [0.25, 0.3) is 0 Å². The first-order valence-electron chi connectivity index (χ1n) is 8.00. The minimum atomic E-state index is -0.160. The Morgan fingerprint density at radius 3 is 2.62 bits per heavy atom. The van der Waals surface area contributed by atoms with Crippen LogP contribution >= 0.6 is 0 Å². The molecule has 0 saturated heterocycles. The average molecular weight is 320 g/mol. The Balaban J connectivity index is 2.12. The summed E-state index contributed by atoms with van der Waals surface area (Å²) in [5.74, 6) is -0.160. The number of hydrogen-bond acceptors (Lipinski definition) is 2. The summed E-state index contributed by atoms with van der Waals surface area (Å²) in [5.41, 5.74) is 6.65. The van der Waals surface area contributed by atoms with Crippen molar-refractivity contribution in [2.24, 2.45) is 0 Å². The van der Waals surface area contributed by atoms with Gasteiger partial charge in [-0.3, -0.25) is 4.98 Å². The lowest BCUT2D eigenvalue weighted by molar-refractivity contribution is 0.613. The van der Waals surface area contributed by atoms with Gasteiger partial charge in [-0.2, -0.15) is 0 Å². The van der Waals surface area contributed by atoms with E-state index in [-0.39, 0.29) is 5.82 Å². The standard InChI is InChI=1S/C21H21FN2/c1-13-5-6-17(20(22)9-13)11-16-7-8-24-21-10-14(2)18(12-19(16)21)15(3)23-4/h5-10,12,23H,3,11H2,1-2,4H3. The molecule has 0 saturated carbocycles. The number of rotatable bonds is 4. The Kier molecular flexibility index (Phi) is 4.34. The van der Waals surface area contributed by atoms with E-state index < -0.39 is 0 Å². The molecule has 0 aliphatic heterocycles. The molecule has 0 unspecified atom stereocenters. The van der Waals surface area contributed by atoms with Gasteiger partial charge in [0.2, 0.25) is 0 Å². The number of benzene rings is 2. The number of fused-ring (bicyclic) bond motifs is 1. The lowest BCUT2D eigenvalue weighted by Crippen LogP contribution is -2.05. The van der Waals surface area contributed by atoms with Gasteiger partial charge in [0.05, 0.1) is 5.52 Å². The summed E-state index contributed by atoms with van der Waals surface area (Å²) in [5, 5.41) is 4.13. The molecule has 0 bridgehead atoms. The molecule has 1 heterocycles. The van der Waals surface area contributed by atoms with E-state index in [1.54, 1.807) is 12.3 Å². The zero-order chi connectivity index (χ0) is 17.3. The number of hydrogen-bond donors (Lipinski definition) is 1. The van der Waals surface area contributed by atoms with Crippen LogP contribution in [0.5, 0.6) is 0 Å². The molecule has 122 valence electrons. The van der Waals surface area contributed by atoms with Gasteiger partial charge in [-0.15, -0.1) is 0 Å². The fourth-order valence-corrected chi connectivity index (χ4v) is 2.97. The van der Waals surface area contributed by atoms with E-state index in [1.165, 1.54) is 0 Å². The molecule has 0 spiro atoms. The van der Waals surface area contributed by atoms with Crippen LogP contribution in [0.25, 0.3) is 16.6 Å². The molecule has 0 atom stereocenters. The lowest BCUT2D eigenvalue weighted by atomic mass is 9.96. The third kappa shape index (κ3) is 3.02. The SMILES string of the molecule is C=C(NC)c1cc2c(Cc3ccc(C)cc3F)ccnc2cc1C. The van der Waals surface area contributed by atoms with Gasteiger partial charge in [0.1, 0.15) is 5.82 Å². The van der Waals surface area contributed by atoms with Gasteiger partial charge in [-0.05, 0) is 60.4 Å². The Labute approximate surface area is 142 Å². The normalized spacial score (nSPS) is 10.8. The van der Waals surface area contributed by atoms with Crippen molar-refractivity contribution in [3.05, 3.63) is 82.8 Å². The van der Waals surface area contributed by atoms with E-state index in [0.29, 0.717) is 12.0 Å². The van der Waals surface area contributed by atoms with Crippen LogP contribution < -0.4 is 5.32 Å².